The minimum absolute atomic E-state index is 0.0129. The summed E-state index contributed by atoms with van der Waals surface area (Å²) in [7, 11) is 0. The van der Waals surface area contributed by atoms with Gasteiger partial charge >= 0.3 is 0 Å². The maximum absolute atomic E-state index is 12.4. The van der Waals surface area contributed by atoms with Gasteiger partial charge in [-0.3, -0.25) is 9.59 Å². The van der Waals surface area contributed by atoms with E-state index in [1.165, 1.54) is 13.1 Å². The summed E-state index contributed by atoms with van der Waals surface area (Å²) < 4.78 is 0. The fraction of sp³-hybridized carbons (Fsp3) is 0.333. The van der Waals surface area contributed by atoms with Gasteiger partial charge in [0.05, 0.1) is 5.69 Å². The van der Waals surface area contributed by atoms with E-state index in [9.17, 15) is 14.9 Å². The fourth-order valence-corrected chi connectivity index (χ4v) is 2.35. The van der Waals surface area contributed by atoms with E-state index in [1.807, 2.05) is 6.07 Å². The molecule has 8 heteroatoms. The third kappa shape index (κ3) is 4.20. The third-order valence-corrected chi connectivity index (χ3v) is 3.80. The Bertz CT molecular complexity index is 675. The van der Waals surface area contributed by atoms with Crippen LogP contribution in [0, 0.1) is 11.3 Å². The Hall–Kier alpha value is -2.59. The first-order valence-corrected chi connectivity index (χ1v) is 7.43. The van der Waals surface area contributed by atoms with Crippen LogP contribution in [-0.4, -0.2) is 52.8 Å². The number of nitrogens with one attached hydrogen (secondary N) is 1. The maximum atomic E-state index is 12.4. The van der Waals surface area contributed by atoms with Crippen molar-refractivity contribution >= 4 is 29.1 Å². The minimum Gasteiger partial charge on any atom is -0.358 e. The lowest BCUT2D eigenvalue weighted by atomic mass is 10.2. The van der Waals surface area contributed by atoms with Crippen molar-refractivity contribution < 1.29 is 9.59 Å². The highest BCUT2D eigenvalue weighted by atomic mass is 35.5. The number of piperazine rings is 1. The highest BCUT2D eigenvalue weighted by molar-refractivity contribution is 6.32. The lowest BCUT2D eigenvalue weighted by Crippen LogP contribution is -2.50. The zero-order chi connectivity index (χ0) is 16.8. The van der Waals surface area contributed by atoms with E-state index in [0.29, 0.717) is 31.9 Å². The van der Waals surface area contributed by atoms with Crippen LogP contribution < -0.4 is 5.32 Å². The topological polar surface area (TPSA) is 89.3 Å². The molecule has 0 aliphatic carbocycles. The van der Waals surface area contributed by atoms with Crippen LogP contribution in [0.1, 0.15) is 6.92 Å². The number of amides is 2. The maximum Gasteiger partial charge on any atom is 0.266 e. The molecule has 1 aromatic rings. The number of carbonyl (C=O) groups is 2. The second-order valence-corrected chi connectivity index (χ2v) is 5.31. The molecule has 120 valence electrons. The van der Waals surface area contributed by atoms with Crippen LogP contribution in [0.5, 0.6) is 0 Å². The lowest BCUT2D eigenvalue weighted by molar-refractivity contribution is -0.136. The van der Waals surface area contributed by atoms with Crippen LogP contribution in [-0.2, 0) is 9.59 Å². The summed E-state index contributed by atoms with van der Waals surface area (Å²) in [6.07, 6.45) is 2.87. The SMILES string of the molecule is CC(=O)N1CCN(C(=O)/C(C#N)=C\Nc2cccnc2Cl)CC1. The largest absolute Gasteiger partial charge is 0.358 e. The lowest BCUT2D eigenvalue weighted by Gasteiger charge is -2.34. The molecule has 1 aliphatic rings. The highest BCUT2D eigenvalue weighted by Gasteiger charge is 2.24. The number of hydrogen-bond acceptors (Lipinski definition) is 5. The molecule has 1 saturated heterocycles. The summed E-state index contributed by atoms with van der Waals surface area (Å²) in [5, 5.41) is 12.3. The number of hydrogen-bond donors (Lipinski definition) is 1. The smallest absolute Gasteiger partial charge is 0.266 e. The average Bonchev–Trinajstić information content (AvgIpc) is 2.56. The molecule has 0 bridgehead atoms. The molecular weight excluding hydrogens is 318 g/mol. The molecule has 0 atom stereocenters. The Morgan fingerprint density at radius 3 is 2.57 bits per heavy atom. The van der Waals surface area contributed by atoms with E-state index in [4.69, 9.17) is 11.6 Å². The molecule has 0 unspecified atom stereocenters. The first-order chi connectivity index (χ1) is 11.0. The van der Waals surface area contributed by atoms with Crippen molar-refractivity contribution in [3.8, 4) is 6.07 Å². The molecule has 0 saturated carbocycles. The van der Waals surface area contributed by atoms with Crippen molar-refractivity contribution in [2.75, 3.05) is 31.5 Å². The Morgan fingerprint density at radius 1 is 1.35 bits per heavy atom. The number of aromatic nitrogens is 1. The first-order valence-electron chi connectivity index (χ1n) is 7.05. The van der Waals surface area contributed by atoms with Gasteiger partial charge in [0.15, 0.2) is 5.15 Å². The minimum atomic E-state index is -0.372. The van der Waals surface area contributed by atoms with Gasteiger partial charge in [0.2, 0.25) is 5.91 Å². The number of nitriles is 1. The molecule has 1 N–H and O–H groups in total. The Morgan fingerprint density at radius 2 is 2.00 bits per heavy atom. The van der Waals surface area contributed by atoms with Crippen LogP contribution in [0.2, 0.25) is 5.15 Å². The molecule has 1 aromatic heterocycles. The zero-order valence-electron chi connectivity index (χ0n) is 12.6. The molecular formula is C15H16ClN5O2. The summed E-state index contributed by atoms with van der Waals surface area (Å²) in [5.41, 5.74) is 0.484. The van der Waals surface area contributed by atoms with Gasteiger partial charge in [-0.15, -0.1) is 0 Å². The summed E-state index contributed by atoms with van der Waals surface area (Å²) in [5.74, 6) is -0.385. The Balaban J connectivity index is 2.02. The van der Waals surface area contributed by atoms with Crippen molar-refractivity contribution in [3.63, 3.8) is 0 Å². The standard InChI is InChI=1S/C15H16ClN5O2/c1-11(22)20-5-7-21(8-6-20)15(23)12(9-17)10-19-13-3-2-4-18-14(13)16/h2-4,10,19H,5-8H2,1H3/b12-10-. The van der Waals surface area contributed by atoms with E-state index in [1.54, 1.807) is 28.1 Å². The van der Waals surface area contributed by atoms with Gasteiger partial charge in [0.1, 0.15) is 11.6 Å². The van der Waals surface area contributed by atoms with Crippen molar-refractivity contribution in [1.29, 1.82) is 5.26 Å². The number of anilines is 1. The number of halogens is 1. The van der Waals surface area contributed by atoms with E-state index in [0.717, 1.165) is 0 Å². The van der Waals surface area contributed by atoms with Crippen molar-refractivity contribution in [2.45, 2.75) is 6.92 Å². The number of carbonyl (C=O) groups excluding carboxylic acids is 2. The van der Waals surface area contributed by atoms with Gasteiger partial charge in [-0.1, -0.05) is 11.6 Å². The van der Waals surface area contributed by atoms with Gasteiger partial charge in [-0.2, -0.15) is 5.26 Å². The summed E-state index contributed by atoms with van der Waals surface area (Å²) in [6, 6.07) is 5.27. The van der Waals surface area contributed by atoms with Gasteiger partial charge in [-0.25, -0.2) is 4.98 Å². The molecule has 2 rings (SSSR count). The van der Waals surface area contributed by atoms with Gasteiger partial charge in [0, 0.05) is 45.5 Å². The number of pyridine rings is 1. The molecule has 0 spiro atoms. The molecule has 0 aromatic carbocycles. The van der Waals surface area contributed by atoms with Crippen molar-refractivity contribution in [1.82, 2.24) is 14.8 Å². The molecule has 0 radical (unpaired) electrons. The number of nitrogens with zero attached hydrogens (tertiary/aromatic N) is 4. The second kappa shape index (κ2) is 7.61. The predicted octanol–water partition coefficient (Wildman–Crippen LogP) is 1.25. The summed E-state index contributed by atoms with van der Waals surface area (Å²) in [6.45, 7) is 3.26. The van der Waals surface area contributed by atoms with E-state index in [-0.39, 0.29) is 22.5 Å². The monoisotopic (exact) mass is 333 g/mol. The third-order valence-electron chi connectivity index (χ3n) is 3.49. The van der Waals surface area contributed by atoms with Crippen LogP contribution in [0.3, 0.4) is 0 Å². The molecule has 1 aliphatic heterocycles. The predicted molar refractivity (Wildman–Crippen MR) is 85.4 cm³/mol. The van der Waals surface area contributed by atoms with E-state index < -0.39 is 0 Å². The van der Waals surface area contributed by atoms with Crippen LogP contribution in [0.15, 0.2) is 30.1 Å². The molecule has 23 heavy (non-hydrogen) atoms. The van der Waals surface area contributed by atoms with Crippen molar-refractivity contribution in [2.24, 2.45) is 0 Å². The molecule has 7 nitrogen and oxygen atoms in total. The summed E-state index contributed by atoms with van der Waals surface area (Å²) in [4.78, 5) is 30.8. The molecule has 2 heterocycles. The van der Waals surface area contributed by atoms with Crippen molar-refractivity contribution in [3.05, 3.63) is 35.3 Å². The average molecular weight is 334 g/mol. The van der Waals surface area contributed by atoms with Crippen LogP contribution in [0.25, 0.3) is 0 Å². The molecule has 1 fully saturated rings. The molecule has 2 amide bonds. The second-order valence-electron chi connectivity index (χ2n) is 4.95. The zero-order valence-corrected chi connectivity index (χ0v) is 13.4. The van der Waals surface area contributed by atoms with Gasteiger partial charge < -0.3 is 15.1 Å². The quantitative estimate of drug-likeness (QED) is 0.511. The van der Waals surface area contributed by atoms with Crippen LogP contribution in [0.4, 0.5) is 5.69 Å². The summed E-state index contributed by atoms with van der Waals surface area (Å²) >= 11 is 5.91. The fourth-order valence-electron chi connectivity index (χ4n) is 2.18. The van der Waals surface area contributed by atoms with Gasteiger partial charge in [0.25, 0.3) is 5.91 Å². The van der Waals surface area contributed by atoms with Crippen LogP contribution >= 0.6 is 11.6 Å². The van der Waals surface area contributed by atoms with E-state index in [2.05, 4.69) is 10.3 Å². The highest BCUT2D eigenvalue weighted by Crippen LogP contribution is 2.18. The Kier molecular flexibility index (Phi) is 5.55. The first kappa shape index (κ1) is 16.8. The van der Waals surface area contributed by atoms with E-state index >= 15 is 0 Å². The van der Waals surface area contributed by atoms with Gasteiger partial charge in [-0.05, 0) is 12.1 Å². The number of rotatable bonds is 3. The Labute approximate surface area is 139 Å². The normalized spacial score (nSPS) is 15.1.